The Morgan fingerprint density at radius 3 is 2.58 bits per heavy atom. The lowest BCUT2D eigenvalue weighted by molar-refractivity contribution is -0.123. The number of hydrogen-bond acceptors (Lipinski definition) is 5. The number of carbonyl (C=O) groups excluding carboxylic acids is 1. The van der Waals surface area contributed by atoms with Crippen LogP contribution in [-0.2, 0) is 0 Å². The Labute approximate surface area is 188 Å². The maximum atomic E-state index is 12.6. The van der Waals surface area contributed by atoms with Gasteiger partial charge in [0.05, 0.1) is 26.1 Å². The van der Waals surface area contributed by atoms with Crippen LogP contribution in [0.5, 0.6) is 11.5 Å². The van der Waals surface area contributed by atoms with Crippen LogP contribution in [0, 0.1) is 0 Å². The number of methoxy groups -OCH3 is 2. The Morgan fingerprint density at radius 2 is 1.97 bits per heavy atom. The zero-order valence-corrected chi connectivity index (χ0v) is 18.3. The van der Waals surface area contributed by atoms with E-state index in [0.717, 1.165) is 37.3 Å². The smallest absolute Gasteiger partial charge is 0.405 e. The zero-order valence-electron chi connectivity index (χ0n) is 18.3. The quantitative estimate of drug-likeness (QED) is 0.583. The summed E-state index contributed by atoms with van der Waals surface area (Å²) in [4.78, 5) is 17.0. The molecular formula is C23H25F3N4O3. The summed E-state index contributed by atoms with van der Waals surface area (Å²) in [6.45, 7) is 0.530. The van der Waals surface area contributed by atoms with Crippen molar-refractivity contribution in [1.29, 1.82) is 0 Å². The summed E-state index contributed by atoms with van der Waals surface area (Å²) in [5.41, 5.74) is 3.28. The first-order chi connectivity index (χ1) is 15.8. The van der Waals surface area contributed by atoms with Crippen LogP contribution in [0.4, 0.5) is 13.2 Å². The van der Waals surface area contributed by atoms with Gasteiger partial charge in [-0.1, -0.05) is 0 Å². The number of ether oxygens (including phenoxy) is 2. The summed E-state index contributed by atoms with van der Waals surface area (Å²) in [5.74, 6) is -0.289. The van der Waals surface area contributed by atoms with Crippen molar-refractivity contribution >= 4 is 11.6 Å². The minimum Gasteiger partial charge on any atom is -0.496 e. The third-order valence-electron chi connectivity index (χ3n) is 5.78. The van der Waals surface area contributed by atoms with Gasteiger partial charge in [-0.3, -0.25) is 9.20 Å². The van der Waals surface area contributed by atoms with E-state index in [2.05, 4.69) is 22.4 Å². The van der Waals surface area contributed by atoms with E-state index in [4.69, 9.17) is 9.47 Å². The zero-order chi connectivity index (χ0) is 23.6. The second kappa shape index (κ2) is 9.30. The number of carbonyl (C=O) groups is 1. The molecule has 0 saturated carbocycles. The second-order valence-electron chi connectivity index (χ2n) is 7.93. The summed E-state index contributed by atoms with van der Waals surface area (Å²) in [5, 5.41) is 5.28. The maximum absolute atomic E-state index is 12.6. The first-order valence-electron chi connectivity index (χ1n) is 10.6. The monoisotopic (exact) mass is 462 g/mol. The van der Waals surface area contributed by atoms with Crippen molar-refractivity contribution in [2.45, 2.75) is 24.9 Å². The fourth-order valence-electron chi connectivity index (χ4n) is 4.15. The van der Waals surface area contributed by atoms with Crippen LogP contribution in [0.15, 0.2) is 36.7 Å². The van der Waals surface area contributed by atoms with Gasteiger partial charge in [-0.05, 0) is 55.1 Å². The molecule has 1 aliphatic rings. The second-order valence-corrected chi connectivity index (χ2v) is 7.93. The van der Waals surface area contributed by atoms with Gasteiger partial charge in [-0.15, -0.1) is 0 Å². The molecule has 4 rings (SSSR count). The van der Waals surface area contributed by atoms with Gasteiger partial charge in [0, 0.05) is 18.3 Å². The number of piperidine rings is 1. The Bertz CT molecular complexity index is 1130. The number of hydrogen-bond donors (Lipinski definition) is 2. The molecule has 1 aromatic carbocycles. The van der Waals surface area contributed by atoms with E-state index in [1.54, 1.807) is 18.3 Å². The molecule has 2 N–H and O–H groups in total. The molecule has 0 radical (unpaired) electrons. The average molecular weight is 462 g/mol. The summed E-state index contributed by atoms with van der Waals surface area (Å²) < 4.78 is 50.2. The predicted octanol–water partition coefficient (Wildman–Crippen LogP) is 3.78. The fraction of sp³-hybridized carbons (Fsp3) is 0.391. The molecule has 33 heavy (non-hydrogen) atoms. The molecule has 10 heteroatoms. The topological polar surface area (TPSA) is 76.9 Å². The highest BCUT2D eigenvalue weighted by molar-refractivity contribution is 6.00. The van der Waals surface area contributed by atoms with E-state index in [-0.39, 0.29) is 17.1 Å². The number of rotatable bonds is 6. The van der Waals surface area contributed by atoms with Gasteiger partial charge in [0.15, 0.2) is 0 Å². The van der Waals surface area contributed by atoms with Crippen LogP contribution in [-0.4, -0.2) is 55.3 Å². The van der Waals surface area contributed by atoms with E-state index in [0.29, 0.717) is 11.5 Å². The molecule has 1 amide bonds. The molecule has 1 aliphatic heterocycles. The number of imidazole rings is 1. The van der Waals surface area contributed by atoms with Crippen molar-refractivity contribution in [2.24, 2.45) is 0 Å². The predicted molar refractivity (Wildman–Crippen MR) is 117 cm³/mol. The van der Waals surface area contributed by atoms with E-state index in [9.17, 15) is 18.0 Å². The van der Waals surface area contributed by atoms with Crippen LogP contribution in [0.1, 0.15) is 34.7 Å². The van der Waals surface area contributed by atoms with E-state index >= 15 is 0 Å². The van der Waals surface area contributed by atoms with Crippen LogP contribution in [0.25, 0.3) is 16.9 Å². The highest BCUT2D eigenvalue weighted by atomic mass is 19.4. The molecule has 7 nitrogen and oxygen atoms in total. The lowest BCUT2D eigenvalue weighted by Gasteiger charge is -2.23. The van der Waals surface area contributed by atoms with Gasteiger partial charge in [-0.2, -0.15) is 13.2 Å². The maximum Gasteiger partial charge on any atom is 0.405 e. The minimum atomic E-state index is -4.53. The number of amides is 1. The fourth-order valence-corrected chi connectivity index (χ4v) is 4.15. The van der Waals surface area contributed by atoms with Gasteiger partial charge in [0.1, 0.15) is 29.3 Å². The lowest BCUT2D eigenvalue weighted by atomic mass is 9.92. The van der Waals surface area contributed by atoms with E-state index in [1.165, 1.54) is 19.8 Å². The van der Waals surface area contributed by atoms with Crippen molar-refractivity contribution in [3.8, 4) is 22.8 Å². The SMILES string of the molecule is COc1cc(-c2cnc3cc(C4CCCNC4)ccn23)cc(OC)c1C(=O)NCC(F)(F)F. The Hall–Kier alpha value is -3.27. The van der Waals surface area contributed by atoms with Crippen molar-refractivity contribution in [1.82, 2.24) is 20.0 Å². The van der Waals surface area contributed by atoms with Gasteiger partial charge < -0.3 is 20.1 Å². The summed E-state index contributed by atoms with van der Waals surface area (Å²) >= 11 is 0. The molecule has 1 saturated heterocycles. The number of fused-ring (bicyclic) bond motifs is 1. The minimum absolute atomic E-state index is 0.101. The molecule has 1 unspecified atom stereocenters. The molecule has 176 valence electrons. The third kappa shape index (κ3) is 4.90. The molecule has 2 aromatic heterocycles. The molecular weight excluding hydrogens is 437 g/mol. The highest BCUT2D eigenvalue weighted by Gasteiger charge is 2.30. The normalized spacial score (nSPS) is 16.6. The Kier molecular flexibility index (Phi) is 6.46. The lowest BCUT2D eigenvalue weighted by Crippen LogP contribution is -2.34. The van der Waals surface area contributed by atoms with Crippen LogP contribution in [0.2, 0.25) is 0 Å². The van der Waals surface area contributed by atoms with Crippen LogP contribution >= 0.6 is 0 Å². The molecule has 0 aliphatic carbocycles. The summed E-state index contributed by atoms with van der Waals surface area (Å²) in [6, 6.07) is 7.32. The molecule has 0 spiro atoms. The number of aromatic nitrogens is 2. The number of halogens is 3. The number of nitrogens with zero attached hydrogens (tertiary/aromatic N) is 2. The van der Waals surface area contributed by atoms with Gasteiger partial charge in [-0.25, -0.2) is 4.98 Å². The summed E-state index contributed by atoms with van der Waals surface area (Å²) in [7, 11) is 2.69. The standard InChI is InChI=1S/C23H25F3N4O3/c1-32-18-8-16(9-19(33-2)21(18)22(31)29-13-23(24,25)26)17-12-28-20-10-14(5-7-30(17)20)15-4-3-6-27-11-15/h5,7-10,12,15,27H,3-4,6,11,13H2,1-2H3,(H,29,31). The Balaban J connectivity index is 1.69. The number of alkyl halides is 3. The number of nitrogens with one attached hydrogen (secondary N) is 2. The average Bonchev–Trinajstić information content (AvgIpc) is 3.25. The first-order valence-corrected chi connectivity index (χ1v) is 10.6. The molecule has 3 heterocycles. The molecule has 1 fully saturated rings. The van der Waals surface area contributed by atoms with Crippen molar-refractivity contribution in [2.75, 3.05) is 33.9 Å². The Morgan fingerprint density at radius 1 is 1.24 bits per heavy atom. The number of benzene rings is 1. The number of pyridine rings is 1. The summed E-state index contributed by atoms with van der Waals surface area (Å²) in [6.07, 6.45) is 1.39. The van der Waals surface area contributed by atoms with E-state index in [1.807, 2.05) is 15.9 Å². The van der Waals surface area contributed by atoms with Gasteiger partial charge in [0.25, 0.3) is 5.91 Å². The van der Waals surface area contributed by atoms with Crippen molar-refractivity contribution < 1.29 is 27.4 Å². The van der Waals surface area contributed by atoms with Gasteiger partial charge in [0.2, 0.25) is 0 Å². The molecule has 0 bridgehead atoms. The van der Waals surface area contributed by atoms with Crippen molar-refractivity contribution in [3.63, 3.8) is 0 Å². The van der Waals surface area contributed by atoms with Gasteiger partial charge >= 0.3 is 6.18 Å². The van der Waals surface area contributed by atoms with Crippen LogP contribution in [0.3, 0.4) is 0 Å². The molecule has 1 atom stereocenters. The largest absolute Gasteiger partial charge is 0.496 e. The highest BCUT2D eigenvalue weighted by Crippen LogP contribution is 2.36. The first kappa shape index (κ1) is 22.9. The van der Waals surface area contributed by atoms with Crippen LogP contribution < -0.4 is 20.1 Å². The molecule has 3 aromatic rings. The van der Waals surface area contributed by atoms with E-state index < -0.39 is 18.6 Å². The van der Waals surface area contributed by atoms with Crippen molar-refractivity contribution in [3.05, 3.63) is 47.8 Å². The third-order valence-corrected chi connectivity index (χ3v) is 5.78.